The lowest BCUT2D eigenvalue weighted by molar-refractivity contribution is -0.151. The van der Waals surface area contributed by atoms with Crippen molar-refractivity contribution in [1.82, 2.24) is 10.2 Å². The van der Waals surface area contributed by atoms with E-state index in [-0.39, 0.29) is 24.9 Å². The predicted molar refractivity (Wildman–Crippen MR) is 56.5 cm³/mol. The minimum atomic E-state index is -0.719. The summed E-state index contributed by atoms with van der Waals surface area (Å²) in [6.07, 6.45) is 4.40. The number of hydrogen-bond donors (Lipinski definition) is 1. The molecule has 5 heteroatoms. The third-order valence-electron chi connectivity index (χ3n) is 3.47. The molecule has 2 amide bonds. The zero-order valence-electron chi connectivity index (χ0n) is 9.30. The Morgan fingerprint density at radius 3 is 2.56 bits per heavy atom. The van der Waals surface area contributed by atoms with Gasteiger partial charge in [-0.3, -0.25) is 9.59 Å². The van der Waals surface area contributed by atoms with Crippen molar-refractivity contribution >= 4 is 11.8 Å². The topological polar surface area (TPSA) is 49.4 Å². The smallest absolute Gasteiger partial charge is 0.248 e. The Kier molecular flexibility index (Phi) is 3.12. The van der Waals surface area contributed by atoms with Gasteiger partial charge in [0.1, 0.15) is 12.2 Å². The van der Waals surface area contributed by atoms with Crippen LogP contribution in [0.25, 0.3) is 0 Å². The molecule has 1 aliphatic carbocycles. The maximum atomic E-state index is 12.3. The number of alkyl halides is 1. The molecular weight excluding hydrogens is 211 g/mol. The van der Waals surface area contributed by atoms with E-state index in [9.17, 15) is 14.0 Å². The summed E-state index contributed by atoms with van der Waals surface area (Å²) in [5, 5.41) is 2.82. The Morgan fingerprint density at radius 1 is 1.25 bits per heavy atom. The molecule has 1 heterocycles. The molecule has 4 nitrogen and oxygen atoms in total. The van der Waals surface area contributed by atoms with E-state index in [1.165, 1.54) is 4.90 Å². The summed E-state index contributed by atoms with van der Waals surface area (Å²) in [6.45, 7) is -0.548. The number of carbonyl (C=O) groups is 2. The number of nitrogens with one attached hydrogen (secondary N) is 1. The highest BCUT2D eigenvalue weighted by atomic mass is 19.1. The van der Waals surface area contributed by atoms with Gasteiger partial charge < -0.3 is 10.2 Å². The van der Waals surface area contributed by atoms with Crippen LogP contribution in [0, 0.1) is 0 Å². The van der Waals surface area contributed by atoms with Gasteiger partial charge in [-0.2, -0.15) is 0 Å². The van der Waals surface area contributed by atoms with Crippen molar-refractivity contribution in [3.8, 4) is 0 Å². The molecule has 2 aliphatic rings. The van der Waals surface area contributed by atoms with Gasteiger partial charge >= 0.3 is 0 Å². The normalized spacial score (nSPS) is 24.7. The van der Waals surface area contributed by atoms with E-state index >= 15 is 0 Å². The molecule has 0 unspecified atom stereocenters. The molecule has 0 aromatic heterocycles. The maximum Gasteiger partial charge on any atom is 0.248 e. The van der Waals surface area contributed by atoms with Crippen LogP contribution >= 0.6 is 0 Å². The molecule has 2 fully saturated rings. The molecule has 0 radical (unpaired) electrons. The number of halogens is 1. The first-order valence-corrected chi connectivity index (χ1v) is 5.84. The molecule has 16 heavy (non-hydrogen) atoms. The number of amides is 2. The fourth-order valence-corrected chi connectivity index (χ4v) is 2.68. The first kappa shape index (κ1) is 11.4. The standard InChI is InChI=1S/C11H17FN2O2/c12-6-7-14-8-9(15)13-11(10(14)16)4-2-1-3-5-11/h1-8H2,(H,13,15). The van der Waals surface area contributed by atoms with Gasteiger partial charge in [-0.15, -0.1) is 0 Å². The SMILES string of the molecule is O=C1CN(CCF)C(=O)C2(CCCCC2)N1. The van der Waals surface area contributed by atoms with Crippen LogP contribution < -0.4 is 5.32 Å². The van der Waals surface area contributed by atoms with E-state index in [1.54, 1.807) is 0 Å². The van der Waals surface area contributed by atoms with Gasteiger partial charge in [0.15, 0.2) is 0 Å². The number of hydrogen-bond acceptors (Lipinski definition) is 2. The molecule has 1 saturated carbocycles. The van der Waals surface area contributed by atoms with Crippen LogP contribution in [0.1, 0.15) is 32.1 Å². The van der Waals surface area contributed by atoms with E-state index in [1.807, 2.05) is 0 Å². The van der Waals surface area contributed by atoms with Gasteiger partial charge in [0.2, 0.25) is 11.8 Å². The summed E-state index contributed by atoms with van der Waals surface area (Å²) in [4.78, 5) is 25.1. The summed E-state index contributed by atoms with van der Waals surface area (Å²) in [5.74, 6) is -0.251. The van der Waals surface area contributed by atoms with Crippen molar-refractivity contribution in [2.75, 3.05) is 19.8 Å². The third-order valence-corrected chi connectivity index (χ3v) is 3.47. The average Bonchev–Trinajstić information content (AvgIpc) is 2.27. The number of nitrogens with zero attached hydrogens (tertiary/aromatic N) is 1. The number of piperazine rings is 1. The first-order chi connectivity index (χ1) is 7.68. The van der Waals surface area contributed by atoms with Crippen LogP contribution in [0.2, 0.25) is 0 Å². The van der Waals surface area contributed by atoms with Gasteiger partial charge in [0, 0.05) is 6.54 Å². The zero-order valence-corrected chi connectivity index (χ0v) is 9.30. The Balaban J connectivity index is 2.16. The quantitative estimate of drug-likeness (QED) is 0.753. The van der Waals surface area contributed by atoms with E-state index in [0.717, 1.165) is 19.3 Å². The second-order valence-corrected chi connectivity index (χ2v) is 4.61. The molecule has 0 aromatic rings. The molecule has 1 aliphatic heterocycles. The molecule has 90 valence electrons. The minimum absolute atomic E-state index is 0.00447. The Bertz CT molecular complexity index is 300. The van der Waals surface area contributed by atoms with Crippen molar-refractivity contribution in [2.24, 2.45) is 0 Å². The lowest BCUT2D eigenvalue weighted by Crippen LogP contribution is -2.67. The number of carbonyl (C=O) groups excluding carboxylic acids is 2. The van der Waals surface area contributed by atoms with Gasteiger partial charge in [-0.25, -0.2) is 4.39 Å². The second-order valence-electron chi connectivity index (χ2n) is 4.61. The fraction of sp³-hybridized carbons (Fsp3) is 0.818. The van der Waals surface area contributed by atoms with Crippen LogP contribution in [-0.2, 0) is 9.59 Å². The van der Waals surface area contributed by atoms with E-state index in [2.05, 4.69) is 5.32 Å². The highest BCUT2D eigenvalue weighted by molar-refractivity contribution is 5.98. The minimum Gasteiger partial charge on any atom is -0.340 e. The zero-order chi connectivity index (χ0) is 11.6. The third kappa shape index (κ3) is 1.90. The highest BCUT2D eigenvalue weighted by Crippen LogP contribution is 2.31. The van der Waals surface area contributed by atoms with Crippen LogP contribution in [0.4, 0.5) is 4.39 Å². The fourth-order valence-electron chi connectivity index (χ4n) is 2.68. The summed E-state index contributed by atoms with van der Waals surface area (Å²) in [6, 6.07) is 0. The Morgan fingerprint density at radius 2 is 1.94 bits per heavy atom. The van der Waals surface area contributed by atoms with Gasteiger partial charge in [0.25, 0.3) is 0 Å². The molecule has 0 atom stereocenters. The average molecular weight is 228 g/mol. The van der Waals surface area contributed by atoms with Gasteiger partial charge in [0.05, 0.1) is 6.54 Å². The van der Waals surface area contributed by atoms with Crippen molar-refractivity contribution in [3.05, 3.63) is 0 Å². The van der Waals surface area contributed by atoms with E-state index in [4.69, 9.17) is 0 Å². The molecule has 1 N–H and O–H groups in total. The van der Waals surface area contributed by atoms with Crippen molar-refractivity contribution in [1.29, 1.82) is 0 Å². The monoisotopic (exact) mass is 228 g/mol. The molecule has 1 spiro atoms. The summed E-state index contributed by atoms with van der Waals surface area (Å²) in [7, 11) is 0. The van der Waals surface area contributed by atoms with Crippen LogP contribution in [0.15, 0.2) is 0 Å². The molecular formula is C11H17FN2O2. The van der Waals surface area contributed by atoms with Crippen molar-refractivity contribution in [2.45, 2.75) is 37.6 Å². The van der Waals surface area contributed by atoms with Gasteiger partial charge in [-0.05, 0) is 12.8 Å². The lowest BCUT2D eigenvalue weighted by atomic mass is 9.79. The van der Waals surface area contributed by atoms with E-state index < -0.39 is 12.2 Å². The summed E-state index contributed by atoms with van der Waals surface area (Å²) < 4.78 is 12.3. The summed E-state index contributed by atoms with van der Waals surface area (Å²) in [5.41, 5.74) is -0.719. The lowest BCUT2D eigenvalue weighted by Gasteiger charge is -2.43. The van der Waals surface area contributed by atoms with Crippen LogP contribution in [0.3, 0.4) is 0 Å². The number of rotatable bonds is 2. The van der Waals surface area contributed by atoms with Crippen molar-refractivity contribution in [3.63, 3.8) is 0 Å². The largest absolute Gasteiger partial charge is 0.340 e. The maximum absolute atomic E-state index is 12.3. The van der Waals surface area contributed by atoms with Crippen LogP contribution in [0.5, 0.6) is 0 Å². The molecule has 1 saturated heterocycles. The molecule has 2 rings (SSSR count). The summed E-state index contributed by atoms with van der Waals surface area (Å²) >= 11 is 0. The van der Waals surface area contributed by atoms with Gasteiger partial charge in [-0.1, -0.05) is 19.3 Å². The first-order valence-electron chi connectivity index (χ1n) is 5.84. The van der Waals surface area contributed by atoms with E-state index in [0.29, 0.717) is 12.8 Å². The Labute approximate surface area is 94.2 Å². The Hall–Kier alpha value is -1.13. The van der Waals surface area contributed by atoms with Crippen molar-refractivity contribution < 1.29 is 14.0 Å². The highest BCUT2D eigenvalue weighted by Gasteiger charge is 2.46. The molecule has 0 bridgehead atoms. The second kappa shape index (κ2) is 4.39. The molecule has 0 aromatic carbocycles. The predicted octanol–water partition coefficient (Wildman–Crippen LogP) is 0.617. The van der Waals surface area contributed by atoms with Crippen LogP contribution in [-0.4, -0.2) is 42.0 Å².